The number of aryl methyl sites for hydroxylation is 1. The molecule has 0 saturated carbocycles. The fourth-order valence-electron chi connectivity index (χ4n) is 2.48. The van der Waals surface area contributed by atoms with Crippen molar-refractivity contribution < 1.29 is 13.2 Å². The molecule has 5 nitrogen and oxygen atoms in total. The van der Waals surface area contributed by atoms with Crippen LogP contribution in [0.2, 0.25) is 0 Å². The van der Waals surface area contributed by atoms with Crippen LogP contribution in [0.4, 0.5) is 5.69 Å². The molecule has 144 valence electrons. The van der Waals surface area contributed by atoms with E-state index in [0.717, 1.165) is 17.4 Å². The smallest absolute Gasteiger partial charge is 0.242 e. The summed E-state index contributed by atoms with van der Waals surface area (Å²) in [6, 6.07) is 15.8. The van der Waals surface area contributed by atoms with E-state index < -0.39 is 16.1 Å². The molecule has 0 spiro atoms. The summed E-state index contributed by atoms with van der Waals surface area (Å²) in [5.41, 5.74) is 2.58. The van der Waals surface area contributed by atoms with Crippen LogP contribution < -0.4 is 10.0 Å². The van der Waals surface area contributed by atoms with Crippen molar-refractivity contribution in [2.75, 3.05) is 5.32 Å². The summed E-state index contributed by atoms with van der Waals surface area (Å²) in [6.45, 7) is 5.65. The van der Waals surface area contributed by atoms with Crippen LogP contribution in [0.1, 0.15) is 31.9 Å². The number of amides is 1. The molecule has 0 aliphatic rings. The summed E-state index contributed by atoms with van der Waals surface area (Å²) in [6.07, 6.45) is 2.41. The van der Waals surface area contributed by atoms with Gasteiger partial charge in [-0.05, 0) is 41.7 Å². The third-order valence-electron chi connectivity index (χ3n) is 4.11. The number of carbonyl (C=O) groups is 1. The number of benzene rings is 2. The number of carbonyl (C=O) groups excluding carboxylic acids is 1. The third kappa shape index (κ3) is 6.66. The molecule has 1 atom stereocenters. The van der Waals surface area contributed by atoms with Crippen LogP contribution in [0.3, 0.4) is 0 Å². The predicted molar refractivity (Wildman–Crippen MR) is 111 cm³/mol. The van der Waals surface area contributed by atoms with E-state index >= 15 is 0 Å². The van der Waals surface area contributed by atoms with Crippen molar-refractivity contribution in [1.29, 1.82) is 0 Å². The Balaban J connectivity index is 2.08. The maximum Gasteiger partial charge on any atom is 0.242 e. The van der Waals surface area contributed by atoms with Gasteiger partial charge in [-0.25, -0.2) is 8.42 Å². The first-order valence-corrected chi connectivity index (χ1v) is 10.5. The van der Waals surface area contributed by atoms with Crippen LogP contribution >= 0.6 is 0 Å². The summed E-state index contributed by atoms with van der Waals surface area (Å²) in [4.78, 5) is 12.6. The Morgan fingerprint density at radius 2 is 1.67 bits per heavy atom. The van der Waals surface area contributed by atoms with E-state index in [2.05, 4.69) is 17.0 Å². The highest BCUT2D eigenvalue weighted by atomic mass is 32.2. The molecule has 2 aromatic carbocycles. The Morgan fingerprint density at radius 3 is 2.22 bits per heavy atom. The molecule has 2 rings (SSSR count). The van der Waals surface area contributed by atoms with Gasteiger partial charge >= 0.3 is 0 Å². The maximum atomic E-state index is 12.6. The molecular formula is C21H26N2O3S. The summed E-state index contributed by atoms with van der Waals surface area (Å²) in [5, 5.41) is 3.87. The summed E-state index contributed by atoms with van der Waals surface area (Å²) < 4.78 is 27.2. The Morgan fingerprint density at radius 1 is 1.04 bits per heavy atom. The second-order valence-corrected chi connectivity index (χ2v) is 8.24. The molecule has 0 unspecified atom stereocenters. The molecule has 1 amide bonds. The minimum absolute atomic E-state index is 0.209. The molecule has 0 aromatic heterocycles. The zero-order valence-electron chi connectivity index (χ0n) is 15.8. The van der Waals surface area contributed by atoms with Gasteiger partial charge in [0.15, 0.2) is 0 Å². The first-order chi connectivity index (χ1) is 12.8. The normalized spacial score (nSPS) is 13.0. The van der Waals surface area contributed by atoms with Crippen molar-refractivity contribution in [3.63, 3.8) is 0 Å². The Kier molecular flexibility index (Phi) is 7.33. The van der Waals surface area contributed by atoms with Gasteiger partial charge in [-0.3, -0.25) is 4.79 Å². The van der Waals surface area contributed by atoms with Gasteiger partial charge in [-0.2, -0.15) is 4.72 Å². The zero-order chi connectivity index (χ0) is 19.9. The van der Waals surface area contributed by atoms with Crippen molar-refractivity contribution >= 4 is 27.7 Å². The molecule has 0 saturated heterocycles. The highest BCUT2D eigenvalue weighted by Gasteiger charge is 2.26. The van der Waals surface area contributed by atoms with Crippen LogP contribution in [-0.2, 0) is 21.2 Å². The maximum absolute atomic E-state index is 12.6. The standard InChI is InChI=1S/C21H26N2O3S/c1-4-17-10-12-19(13-11-17)22-21(24)20(16(2)3)23-27(25,26)15-14-18-8-6-5-7-9-18/h5-16,20,23H,4H2,1-3H3,(H,22,24)/b15-14+/t20-/m0/s1. The van der Waals surface area contributed by atoms with Crippen LogP contribution in [-0.4, -0.2) is 20.4 Å². The lowest BCUT2D eigenvalue weighted by atomic mass is 10.0. The molecule has 0 radical (unpaired) electrons. The van der Waals surface area contributed by atoms with E-state index in [0.29, 0.717) is 5.69 Å². The molecule has 6 heteroatoms. The van der Waals surface area contributed by atoms with Gasteiger partial charge in [0.2, 0.25) is 15.9 Å². The first kappa shape index (κ1) is 20.9. The quantitative estimate of drug-likeness (QED) is 0.724. The van der Waals surface area contributed by atoms with Gasteiger partial charge in [0.05, 0.1) is 0 Å². The van der Waals surface area contributed by atoms with Crippen molar-refractivity contribution in [1.82, 2.24) is 4.72 Å². The molecule has 0 heterocycles. The molecule has 27 heavy (non-hydrogen) atoms. The van der Waals surface area contributed by atoms with Crippen LogP contribution in [0.5, 0.6) is 0 Å². The van der Waals surface area contributed by atoms with Crippen LogP contribution in [0, 0.1) is 5.92 Å². The highest BCUT2D eigenvalue weighted by molar-refractivity contribution is 7.92. The number of rotatable bonds is 8. The van der Waals surface area contributed by atoms with Gasteiger partial charge in [0, 0.05) is 11.1 Å². The van der Waals surface area contributed by atoms with Crippen molar-refractivity contribution in [3.8, 4) is 0 Å². The highest BCUT2D eigenvalue weighted by Crippen LogP contribution is 2.13. The second kappa shape index (κ2) is 9.48. The molecule has 0 bridgehead atoms. The summed E-state index contributed by atoms with van der Waals surface area (Å²) >= 11 is 0. The first-order valence-electron chi connectivity index (χ1n) is 8.96. The van der Waals surface area contributed by atoms with Gasteiger partial charge in [-0.1, -0.05) is 63.2 Å². The van der Waals surface area contributed by atoms with Gasteiger partial charge in [0.1, 0.15) is 6.04 Å². The molecule has 2 N–H and O–H groups in total. The van der Waals surface area contributed by atoms with Gasteiger partial charge < -0.3 is 5.32 Å². The lowest BCUT2D eigenvalue weighted by molar-refractivity contribution is -0.118. The van der Waals surface area contributed by atoms with E-state index in [9.17, 15) is 13.2 Å². The fraction of sp³-hybridized carbons (Fsp3) is 0.286. The lowest BCUT2D eigenvalue weighted by Gasteiger charge is -2.20. The average Bonchev–Trinajstić information content (AvgIpc) is 2.66. The minimum Gasteiger partial charge on any atom is -0.325 e. The van der Waals surface area contributed by atoms with E-state index in [4.69, 9.17) is 0 Å². The lowest BCUT2D eigenvalue weighted by Crippen LogP contribution is -2.46. The number of anilines is 1. The van der Waals surface area contributed by atoms with E-state index in [1.165, 1.54) is 11.6 Å². The van der Waals surface area contributed by atoms with Crippen LogP contribution in [0.25, 0.3) is 6.08 Å². The number of hydrogen-bond acceptors (Lipinski definition) is 3. The zero-order valence-corrected chi connectivity index (χ0v) is 16.7. The Bertz CT molecular complexity index is 873. The Hall–Kier alpha value is -2.44. The SMILES string of the molecule is CCc1ccc(NC(=O)[C@@H](NS(=O)(=O)/C=C/c2ccccc2)C(C)C)cc1. The molecule has 0 aliphatic heterocycles. The van der Waals surface area contributed by atoms with Gasteiger partial charge in [0.25, 0.3) is 0 Å². The van der Waals surface area contributed by atoms with Crippen LogP contribution in [0.15, 0.2) is 60.0 Å². The van der Waals surface area contributed by atoms with E-state index in [1.807, 2.05) is 42.5 Å². The average molecular weight is 387 g/mol. The van der Waals surface area contributed by atoms with E-state index in [1.54, 1.807) is 26.0 Å². The molecular weight excluding hydrogens is 360 g/mol. The summed E-state index contributed by atoms with van der Waals surface area (Å²) in [7, 11) is -3.76. The number of nitrogens with one attached hydrogen (secondary N) is 2. The van der Waals surface area contributed by atoms with E-state index in [-0.39, 0.29) is 11.8 Å². The van der Waals surface area contributed by atoms with Crippen molar-refractivity contribution in [2.24, 2.45) is 5.92 Å². The number of sulfonamides is 1. The third-order valence-corrected chi connectivity index (χ3v) is 5.19. The topological polar surface area (TPSA) is 75.3 Å². The van der Waals surface area contributed by atoms with Crippen molar-refractivity contribution in [3.05, 3.63) is 71.1 Å². The van der Waals surface area contributed by atoms with Gasteiger partial charge in [-0.15, -0.1) is 0 Å². The fourth-order valence-corrected chi connectivity index (χ4v) is 3.63. The van der Waals surface area contributed by atoms with Crippen molar-refractivity contribution in [2.45, 2.75) is 33.2 Å². The molecule has 0 aliphatic carbocycles. The molecule has 2 aromatic rings. The summed E-state index contributed by atoms with van der Waals surface area (Å²) in [5.74, 6) is -0.592. The monoisotopic (exact) mass is 386 g/mol. The Labute approximate surface area is 161 Å². The molecule has 0 fully saturated rings. The largest absolute Gasteiger partial charge is 0.325 e. The second-order valence-electron chi connectivity index (χ2n) is 6.64. The minimum atomic E-state index is -3.76. The predicted octanol–water partition coefficient (Wildman–Crippen LogP) is 3.80. The number of hydrogen-bond donors (Lipinski definition) is 2.